The van der Waals surface area contributed by atoms with E-state index in [4.69, 9.17) is 16.3 Å². The van der Waals surface area contributed by atoms with Crippen LogP contribution in [0.3, 0.4) is 0 Å². The van der Waals surface area contributed by atoms with Gasteiger partial charge in [0.15, 0.2) is 5.78 Å². The fourth-order valence-electron chi connectivity index (χ4n) is 2.28. The summed E-state index contributed by atoms with van der Waals surface area (Å²) in [6, 6.07) is 7.95. The van der Waals surface area contributed by atoms with E-state index in [1.165, 1.54) is 30.3 Å². The first-order chi connectivity index (χ1) is 9.56. The van der Waals surface area contributed by atoms with Gasteiger partial charge in [-0.3, -0.25) is 4.79 Å². The lowest BCUT2D eigenvalue weighted by atomic mass is 9.96. The molecule has 1 aliphatic heterocycles. The van der Waals surface area contributed by atoms with E-state index in [-0.39, 0.29) is 34.1 Å². The molecule has 102 valence electrons. The molecule has 0 saturated heterocycles. The summed E-state index contributed by atoms with van der Waals surface area (Å²) in [5.74, 6) is -1.09. The molecule has 2 aromatic carbocycles. The summed E-state index contributed by atoms with van der Waals surface area (Å²) in [7, 11) is 0. The van der Waals surface area contributed by atoms with Gasteiger partial charge >= 0.3 is 0 Å². The SMILES string of the molecule is O=C1CC(c2c(F)cccc2Cl)Oc2ccc(F)cc21. The van der Waals surface area contributed by atoms with Crippen LogP contribution in [0.15, 0.2) is 36.4 Å². The van der Waals surface area contributed by atoms with E-state index in [0.717, 1.165) is 6.07 Å². The van der Waals surface area contributed by atoms with Crippen molar-refractivity contribution < 1.29 is 18.3 Å². The van der Waals surface area contributed by atoms with Gasteiger partial charge in [0.25, 0.3) is 0 Å². The largest absolute Gasteiger partial charge is 0.484 e. The molecule has 0 fully saturated rings. The number of carbonyl (C=O) groups excluding carboxylic acids is 1. The molecule has 0 spiro atoms. The molecular formula is C15H9ClF2O2. The van der Waals surface area contributed by atoms with E-state index in [0.29, 0.717) is 0 Å². The number of benzene rings is 2. The molecule has 0 saturated carbocycles. The molecule has 2 nitrogen and oxygen atoms in total. The number of ketones is 1. The first-order valence-electron chi connectivity index (χ1n) is 5.99. The molecule has 0 bridgehead atoms. The number of Topliss-reactive ketones (excluding diaryl/α,β-unsaturated/α-hetero) is 1. The van der Waals surface area contributed by atoms with Crippen LogP contribution in [0.5, 0.6) is 5.75 Å². The highest BCUT2D eigenvalue weighted by molar-refractivity contribution is 6.31. The van der Waals surface area contributed by atoms with Gasteiger partial charge in [-0.05, 0) is 30.3 Å². The first-order valence-corrected chi connectivity index (χ1v) is 6.37. The van der Waals surface area contributed by atoms with E-state index in [2.05, 4.69) is 0 Å². The Balaban J connectivity index is 2.04. The number of hydrogen-bond donors (Lipinski definition) is 0. The van der Waals surface area contributed by atoms with Gasteiger partial charge in [0.05, 0.1) is 17.0 Å². The summed E-state index contributed by atoms with van der Waals surface area (Å²) in [6.07, 6.45) is -0.869. The van der Waals surface area contributed by atoms with Crippen LogP contribution in [0.25, 0.3) is 0 Å². The van der Waals surface area contributed by atoms with Crippen LogP contribution < -0.4 is 4.74 Å². The maximum Gasteiger partial charge on any atom is 0.170 e. The number of carbonyl (C=O) groups is 1. The molecule has 3 rings (SSSR count). The highest BCUT2D eigenvalue weighted by atomic mass is 35.5. The topological polar surface area (TPSA) is 26.3 Å². The normalized spacial score (nSPS) is 17.6. The molecule has 0 amide bonds. The van der Waals surface area contributed by atoms with Gasteiger partial charge < -0.3 is 4.74 Å². The maximum atomic E-state index is 13.9. The molecule has 0 aromatic heterocycles. The Bertz CT molecular complexity index is 680. The van der Waals surface area contributed by atoms with E-state index in [9.17, 15) is 13.6 Å². The molecular weight excluding hydrogens is 286 g/mol. The van der Waals surface area contributed by atoms with Crippen molar-refractivity contribution in [2.24, 2.45) is 0 Å². The molecule has 0 radical (unpaired) electrons. The van der Waals surface area contributed by atoms with Crippen molar-refractivity contribution in [3.63, 3.8) is 0 Å². The van der Waals surface area contributed by atoms with Gasteiger partial charge in [-0.25, -0.2) is 8.78 Å². The number of hydrogen-bond acceptors (Lipinski definition) is 2. The number of rotatable bonds is 1. The Hall–Kier alpha value is -1.94. The summed E-state index contributed by atoms with van der Waals surface area (Å²) >= 11 is 5.97. The third-order valence-electron chi connectivity index (χ3n) is 3.20. The Kier molecular flexibility index (Phi) is 3.18. The van der Waals surface area contributed by atoms with Crippen LogP contribution >= 0.6 is 11.6 Å². The third kappa shape index (κ3) is 2.16. The van der Waals surface area contributed by atoms with Crippen molar-refractivity contribution in [3.8, 4) is 5.75 Å². The molecule has 1 unspecified atom stereocenters. The second-order valence-corrected chi connectivity index (χ2v) is 4.92. The monoisotopic (exact) mass is 294 g/mol. The Morgan fingerprint density at radius 3 is 2.75 bits per heavy atom. The van der Waals surface area contributed by atoms with Crippen LogP contribution in [0.4, 0.5) is 8.78 Å². The zero-order valence-corrected chi connectivity index (χ0v) is 11.0. The second kappa shape index (κ2) is 4.87. The summed E-state index contributed by atoms with van der Waals surface area (Å²) in [6.45, 7) is 0. The van der Waals surface area contributed by atoms with Crippen molar-refractivity contribution >= 4 is 17.4 Å². The number of halogens is 3. The van der Waals surface area contributed by atoms with Crippen LogP contribution in [0.2, 0.25) is 5.02 Å². The fourth-order valence-corrected chi connectivity index (χ4v) is 2.56. The summed E-state index contributed by atoms with van der Waals surface area (Å²) in [5.41, 5.74) is 0.325. The van der Waals surface area contributed by atoms with Crippen molar-refractivity contribution in [2.45, 2.75) is 12.5 Å². The molecule has 1 aliphatic rings. The zero-order valence-electron chi connectivity index (χ0n) is 10.2. The Morgan fingerprint density at radius 1 is 1.20 bits per heavy atom. The van der Waals surface area contributed by atoms with Gasteiger partial charge in [-0.15, -0.1) is 0 Å². The molecule has 5 heteroatoms. The minimum Gasteiger partial charge on any atom is -0.484 e. The second-order valence-electron chi connectivity index (χ2n) is 4.51. The lowest BCUT2D eigenvalue weighted by Gasteiger charge is -2.26. The van der Waals surface area contributed by atoms with Crippen LogP contribution in [0, 0.1) is 11.6 Å². The maximum absolute atomic E-state index is 13.9. The molecule has 2 aromatic rings. The van der Waals surface area contributed by atoms with Gasteiger partial charge in [0.1, 0.15) is 23.5 Å². The molecule has 0 aliphatic carbocycles. The third-order valence-corrected chi connectivity index (χ3v) is 3.53. The minimum atomic E-state index is -0.797. The van der Waals surface area contributed by atoms with Crippen molar-refractivity contribution in [3.05, 3.63) is 64.2 Å². The smallest absolute Gasteiger partial charge is 0.170 e. The Labute approximate surface area is 118 Å². The summed E-state index contributed by atoms with van der Waals surface area (Å²) in [5, 5.41) is 0.202. The number of ether oxygens (including phenoxy) is 1. The summed E-state index contributed by atoms with van der Waals surface area (Å²) in [4.78, 5) is 12.0. The molecule has 0 N–H and O–H groups in total. The predicted octanol–water partition coefficient (Wildman–Crippen LogP) is 4.32. The fraction of sp³-hybridized carbons (Fsp3) is 0.133. The predicted molar refractivity (Wildman–Crippen MR) is 70.1 cm³/mol. The van der Waals surface area contributed by atoms with Crippen LogP contribution in [-0.4, -0.2) is 5.78 Å². The van der Waals surface area contributed by atoms with Crippen molar-refractivity contribution in [1.29, 1.82) is 0 Å². The van der Waals surface area contributed by atoms with E-state index >= 15 is 0 Å². The molecule has 1 heterocycles. The summed E-state index contributed by atoms with van der Waals surface area (Å²) < 4.78 is 32.6. The van der Waals surface area contributed by atoms with E-state index in [1.807, 2.05) is 0 Å². The van der Waals surface area contributed by atoms with Crippen molar-refractivity contribution in [1.82, 2.24) is 0 Å². The minimum absolute atomic E-state index is 0.0723. The quantitative estimate of drug-likeness (QED) is 0.783. The van der Waals surface area contributed by atoms with Gasteiger partial charge in [-0.2, -0.15) is 0 Å². The molecule has 1 atom stereocenters. The first kappa shape index (κ1) is 13.1. The van der Waals surface area contributed by atoms with Crippen LogP contribution in [0.1, 0.15) is 28.4 Å². The highest BCUT2D eigenvalue weighted by Gasteiger charge is 2.31. The average Bonchev–Trinajstić information content (AvgIpc) is 2.39. The van der Waals surface area contributed by atoms with Gasteiger partial charge in [0.2, 0.25) is 0 Å². The highest BCUT2D eigenvalue weighted by Crippen LogP contribution is 2.38. The molecule has 20 heavy (non-hydrogen) atoms. The van der Waals surface area contributed by atoms with E-state index < -0.39 is 17.7 Å². The lowest BCUT2D eigenvalue weighted by molar-refractivity contribution is 0.0845. The standard InChI is InChI=1S/C15H9ClF2O2/c16-10-2-1-3-11(18)15(10)14-7-12(19)9-6-8(17)4-5-13(9)20-14/h1-6,14H,7H2. The average molecular weight is 295 g/mol. The van der Waals surface area contributed by atoms with Crippen LogP contribution in [-0.2, 0) is 0 Å². The van der Waals surface area contributed by atoms with Gasteiger partial charge in [-0.1, -0.05) is 17.7 Å². The van der Waals surface area contributed by atoms with E-state index in [1.54, 1.807) is 0 Å². The lowest BCUT2D eigenvalue weighted by Crippen LogP contribution is -2.21. The Morgan fingerprint density at radius 2 is 2.00 bits per heavy atom. The number of fused-ring (bicyclic) bond motifs is 1. The van der Waals surface area contributed by atoms with Gasteiger partial charge in [0, 0.05) is 5.56 Å². The van der Waals surface area contributed by atoms with Crippen molar-refractivity contribution in [2.75, 3.05) is 0 Å². The zero-order chi connectivity index (χ0) is 14.3.